The number of carbonyl (C=O) groups excluding carboxylic acids is 2. The number of esters is 1. The van der Waals surface area contributed by atoms with Gasteiger partial charge in [-0.25, -0.2) is 0 Å². The van der Waals surface area contributed by atoms with Gasteiger partial charge < -0.3 is 9.64 Å². The zero-order valence-corrected chi connectivity index (χ0v) is 16.4. The number of nitro benzene ring substituents is 1. The van der Waals surface area contributed by atoms with Crippen molar-refractivity contribution in [1.82, 2.24) is 0 Å². The van der Waals surface area contributed by atoms with Gasteiger partial charge in [-0.2, -0.15) is 13.2 Å². The van der Waals surface area contributed by atoms with Crippen molar-refractivity contribution >= 4 is 23.1 Å². The van der Waals surface area contributed by atoms with Gasteiger partial charge in [-0.3, -0.25) is 19.7 Å². The number of alkyl halides is 3. The summed E-state index contributed by atoms with van der Waals surface area (Å²) >= 11 is 0. The minimum atomic E-state index is -4.68. The first-order valence-electron chi connectivity index (χ1n) is 9.11. The molecule has 1 saturated heterocycles. The van der Waals surface area contributed by atoms with Crippen LogP contribution in [0.2, 0.25) is 0 Å². The summed E-state index contributed by atoms with van der Waals surface area (Å²) in [6.07, 6.45) is -4.04. The van der Waals surface area contributed by atoms with E-state index in [2.05, 4.69) is 0 Å². The Kier molecular flexibility index (Phi) is 6.54. The predicted molar refractivity (Wildman–Crippen MR) is 98.5 cm³/mol. The van der Waals surface area contributed by atoms with Crippen LogP contribution in [0.4, 0.5) is 24.5 Å². The minimum Gasteiger partial charge on any atom is -0.457 e. The Bertz CT molecular complexity index is 794. The Hall–Kier alpha value is -2.65. The zero-order chi connectivity index (χ0) is 22.0. The maximum Gasteiger partial charge on any atom is 0.416 e. The summed E-state index contributed by atoms with van der Waals surface area (Å²) in [5, 5.41) is 11.3. The summed E-state index contributed by atoms with van der Waals surface area (Å²) in [6.45, 7) is 5.35. The molecular weight excluding hydrogens is 393 g/mol. The molecule has 0 spiro atoms. The van der Waals surface area contributed by atoms with E-state index in [1.54, 1.807) is 25.7 Å². The fourth-order valence-corrected chi connectivity index (χ4v) is 2.94. The molecule has 1 aliphatic heterocycles. The van der Waals surface area contributed by atoms with Crippen molar-refractivity contribution in [3.63, 3.8) is 0 Å². The Balaban J connectivity index is 2.03. The summed E-state index contributed by atoms with van der Waals surface area (Å²) in [4.78, 5) is 36.0. The molecule has 1 fully saturated rings. The molecule has 7 nitrogen and oxygen atoms in total. The van der Waals surface area contributed by atoms with Crippen LogP contribution in [0, 0.1) is 21.4 Å². The molecule has 0 unspecified atom stereocenters. The van der Waals surface area contributed by atoms with E-state index in [0.29, 0.717) is 18.9 Å². The molecule has 1 aromatic rings. The third-order valence-electron chi connectivity index (χ3n) is 4.85. The lowest BCUT2D eigenvalue weighted by Gasteiger charge is -2.32. The van der Waals surface area contributed by atoms with Crippen molar-refractivity contribution in [2.24, 2.45) is 11.3 Å². The van der Waals surface area contributed by atoms with Crippen LogP contribution in [0.1, 0.15) is 39.2 Å². The maximum absolute atomic E-state index is 12.8. The van der Waals surface area contributed by atoms with Gasteiger partial charge in [0.25, 0.3) is 5.69 Å². The number of carbonyl (C=O) groups is 2. The van der Waals surface area contributed by atoms with Gasteiger partial charge in [0.05, 0.1) is 16.4 Å². The van der Waals surface area contributed by atoms with E-state index in [9.17, 15) is 32.9 Å². The lowest BCUT2D eigenvalue weighted by molar-refractivity contribution is -0.384. The van der Waals surface area contributed by atoms with Crippen LogP contribution in [0.3, 0.4) is 0 Å². The first-order valence-corrected chi connectivity index (χ1v) is 9.11. The molecule has 2 rings (SSSR count). The molecule has 1 aliphatic rings. The summed E-state index contributed by atoms with van der Waals surface area (Å²) in [6, 6.07) is 2.41. The zero-order valence-electron chi connectivity index (χ0n) is 16.4. The first-order chi connectivity index (χ1) is 13.3. The number of rotatable bonds is 5. The highest BCUT2D eigenvalue weighted by Gasteiger charge is 2.35. The number of hydrogen-bond donors (Lipinski definition) is 0. The lowest BCUT2D eigenvalue weighted by Crippen LogP contribution is -2.38. The summed E-state index contributed by atoms with van der Waals surface area (Å²) in [5.41, 5.74) is -2.25. The number of nitro groups is 1. The van der Waals surface area contributed by atoms with E-state index in [4.69, 9.17) is 4.74 Å². The van der Waals surface area contributed by atoms with Gasteiger partial charge in [-0.1, -0.05) is 20.8 Å². The van der Waals surface area contributed by atoms with Gasteiger partial charge >= 0.3 is 12.1 Å². The number of piperidine rings is 1. The van der Waals surface area contributed by atoms with Crippen LogP contribution in [0.5, 0.6) is 0 Å². The predicted octanol–water partition coefficient (Wildman–Crippen LogP) is 3.99. The highest BCUT2D eigenvalue weighted by Crippen LogP contribution is 2.37. The van der Waals surface area contributed by atoms with Gasteiger partial charge in [0.1, 0.15) is 5.69 Å². The topological polar surface area (TPSA) is 89.8 Å². The molecule has 1 aromatic carbocycles. The average Bonchev–Trinajstić information content (AvgIpc) is 2.63. The number of ether oxygens (including phenoxy) is 1. The second kappa shape index (κ2) is 8.38. The minimum absolute atomic E-state index is 0.0812. The number of Topliss-reactive ketones (excluding diaryl/α,β-unsaturated/α-hetero) is 1. The van der Waals surface area contributed by atoms with Gasteiger partial charge in [0.2, 0.25) is 0 Å². The molecule has 160 valence electrons. The van der Waals surface area contributed by atoms with Crippen LogP contribution < -0.4 is 4.90 Å². The number of anilines is 1. The van der Waals surface area contributed by atoms with Crippen molar-refractivity contribution in [3.05, 3.63) is 33.9 Å². The lowest BCUT2D eigenvalue weighted by atomic mass is 9.91. The van der Waals surface area contributed by atoms with Crippen LogP contribution >= 0.6 is 0 Å². The normalized spacial score (nSPS) is 15.9. The molecule has 0 aliphatic carbocycles. The van der Waals surface area contributed by atoms with Crippen molar-refractivity contribution in [3.8, 4) is 0 Å². The number of benzene rings is 1. The van der Waals surface area contributed by atoms with E-state index in [0.717, 1.165) is 12.1 Å². The van der Waals surface area contributed by atoms with Gasteiger partial charge in [-0.15, -0.1) is 0 Å². The van der Waals surface area contributed by atoms with E-state index in [1.165, 1.54) is 0 Å². The molecule has 0 saturated carbocycles. The van der Waals surface area contributed by atoms with Crippen LogP contribution in [0.25, 0.3) is 0 Å². The highest BCUT2D eigenvalue weighted by molar-refractivity contribution is 5.87. The van der Waals surface area contributed by atoms with E-state index >= 15 is 0 Å². The smallest absolute Gasteiger partial charge is 0.416 e. The summed E-state index contributed by atoms with van der Waals surface area (Å²) < 4.78 is 43.6. The molecule has 0 amide bonds. The van der Waals surface area contributed by atoms with Crippen LogP contribution in [-0.4, -0.2) is 36.4 Å². The Morgan fingerprint density at radius 2 is 1.79 bits per heavy atom. The van der Waals surface area contributed by atoms with E-state index < -0.39 is 39.7 Å². The number of halogens is 3. The third-order valence-corrected chi connectivity index (χ3v) is 4.85. The number of hydrogen-bond acceptors (Lipinski definition) is 6. The van der Waals surface area contributed by atoms with E-state index in [1.807, 2.05) is 0 Å². The molecule has 1 heterocycles. The molecule has 0 N–H and O–H groups in total. The third kappa shape index (κ3) is 5.68. The van der Waals surface area contributed by atoms with Gasteiger partial charge in [-0.05, 0) is 25.0 Å². The van der Waals surface area contributed by atoms with Crippen molar-refractivity contribution < 1.29 is 32.4 Å². The molecule has 10 heteroatoms. The Morgan fingerprint density at radius 1 is 1.21 bits per heavy atom. The van der Waals surface area contributed by atoms with E-state index in [-0.39, 0.29) is 31.2 Å². The Morgan fingerprint density at radius 3 is 2.28 bits per heavy atom. The average molecular weight is 416 g/mol. The molecule has 0 atom stereocenters. The van der Waals surface area contributed by atoms with Crippen molar-refractivity contribution in [2.75, 3.05) is 24.6 Å². The molecular formula is C19H23F3N2O5. The summed E-state index contributed by atoms with van der Waals surface area (Å²) in [5.74, 6) is -1.18. The summed E-state index contributed by atoms with van der Waals surface area (Å²) in [7, 11) is 0. The molecule has 0 bridgehead atoms. The quantitative estimate of drug-likeness (QED) is 0.410. The van der Waals surface area contributed by atoms with Crippen molar-refractivity contribution in [1.29, 1.82) is 0 Å². The van der Waals surface area contributed by atoms with Crippen LogP contribution in [0.15, 0.2) is 18.2 Å². The van der Waals surface area contributed by atoms with Gasteiger partial charge in [0.15, 0.2) is 12.4 Å². The fraction of sp³-hybridized carbons (Fsp3) is 0.579. The second-order valence-corrected chi connectivity index (χ2v) is 8.00. The number of nitrogens with zero attached hydrogens (tertiary/aromatic N) is 2. The standard InChI is InChI=1S/C19H23F3N2O5/c1-18(2,3)16(25)11-29-17(26)12-6-8-23(9-7-12)14-5-4-13(19(20,21)22)10-15(14)24(27)28/h4-5,10,12H,6-9,11H2,1-3H3. The number of ketones is 1. The molecule has 29 heavy (non-hydrogen) atoms. The monoisotopic (exact) mass is 416 g/mol. The maximum atomic E-state index is 12.8. The van der Waals surface area contributed by atoms with Crippen LogP contribution in [-0.2, 0) is 20.5 Å². The highest BCUT2D eigenvalue weighted by atomic mass is 19.4. The fourth-order valence-electron chi connectivity index (χ4n) is 2.94. The van der Waals surface area contributed by atoms with Crippen molar-refractivity contribution in [2.45, 2.75) is 39.8 Å². The second-order valence-electron chi connectivity index (χ2n) is 8.00. The largest absolute Gasteiger partial charge is 0.457 e. The first kappa shape index (κ1) is 22.6. The van der Waals surface area contributed by atoms with Gasteiger partial charge in [0, 0.05) is 24.6 Å². The molecule has 0 aromatic heterocycles. The SMILES string of the molecule is CC(C)(C)C(=O)COC(=O)C1CCN(c2ccc(C(F)(F)F)cc2[N+](=O)[O-])CC1. The Labute approximate surface area is 166 Å². The molecule has 0 radical (unpaired) electrons.